The highest BCUT2D eigenvalue weighted by Crippen LogP contribution is 2.21. The van der Waals surface area contributed by atoms with E-state index in [-0.39, 0.29) is 0 Å². The lowest BCUT2D eigenvalue weighted by Gasteiger charge is -2.07. The van der Waals surface area contributed by atoms with Crippen LogP contribution in [0.5, 0.6) is 0 Å². The molecule has 1 rings (SSSR count). The summed E-state index contributed by atoms with van der Waals surface area (Å²) in [7, 11) is 0. The Morgan fingerprint density at radius 3 is 2.77 bits per heavy atom. The lowest BCUT2D eigenvalue weighted by molar-refractivity contribution is -0.117. The molecule has 0 saturated heterocycles. The number of hydrogen-bond donors (Lipinski definition) is 0. The predicted octanol–water partition coefficient (Wildman–Crippen LogP) is 3.21. The summed E-state index contributed by atoms with van der Waals surface area (Å²) in [5.74, 6) is 0.775. The van der Waals surface area contributed by atoms with Gasteiger partial charge in [-0.25, -0.2) is 0 Å². The number of thiophene rings is 1. The Morgan fingerprint density at radius 1 is 1.62 bits per heavy atom. The van der Waals surface area contributed by atoms with E-state index in [0.717, 1.165) is 6.42 Å². The van der Waals surface area contributed by atoms with Crippen molar-refractivity contribution >= 4 is 17.1 Å². The summed E-state index contributed by atoms with van der Waals surface area (Å²) in [5, 5.41) is 2.12. The monoisotopic (exact) mass is 196 g/mol. The average molecular weight is 196 g/mol. The van der Waals surface area contributed by atoms with Crippen molar-refractivity contribution in [3.63, 3.8) is 0 Å². The van der Waals surface area contributed by atoms with Gasteiger partial charge in [-0.2, -0.15) is 0 Å². The molecule has 0 bridgehead atoms. The third-order valence-corrected chi connectivity index (χ3v) is 3.18. The van der Waals surface area contributed by atoms with E-state index in [9.17, 15) is 4.79 Å². The van der Waals surface area contributed by atoms with Gasteiger partial charge >= 0.3 is 0 Å². The quantitative estimate of drug-likeness (QED) is 0.722. The van der Waals surface area contributed by atoms with Crippen LogP contribution < -0.4 is 0 Å². The molecule has 0 aliphatic rings. The molecular weight excluding hydrogens is 180 g/mol. The van der Waals surface area contributed by atoms with Gasteiger partial charge in [0.2, 0.25) is 0 Å². The molecule has 1 unspecified atom stereocenters. The summed E-state index contributed by atoms with van der Waals surface area (Å²) in [6, 6.07) is 2.14. The van der Waals surface area contributed by atoms with Gasteiger partial charge in [0.15, 0.2) is 0 Å². The van der Waals surface area contributed by atoms with Gasteiger partial charge in [-0.15, -0.1) is 11.3 Å². The second kappa shape index (κ2) is 4.56. The molecule has 0 radical (unpaired) electrons. The maximum absolute atomic E-state index is 10.9. The van der Waals surface area contributed by atoms with Crippen LogP contribution in [-0.2, 0) is 11.2 Å². The van der Waals surface area contributed by atoms with E-state index in [1.54, 1.807) is 18.3 Å². The van der Waals surface area contributed by atoms with Crippen LogP contribution in [0.25, 0.3) is 0 Å². The topological polar surface area (TPSA) is 17.1 Å². The van der Waals surface area contributed by atoms with Crippen LogP contribution >= 0.6 is 11.3 Å². The maximum atomic E-state index is 10.9. The summed E-state index contributed by atoms with van der Waals surface area (Å²) in [5.41, 5.74) is 1.36. The first-order valence-corrected chi connectivity index (χ1v) is 5.50. The van der Waals surface area contributed by atoms with E-state index < -0.39 is 0 Å². The molecule has 0 fully saturated rings. The fraction of sp³-hybridized carbons (Fsp3) is 0.545. The zero-order chi connectivity index (χ0) is 9.84. The van der Waals surface area contributed by atoms with Crippen molar-refractivity contribution in [3.05, 3.63) is 21.9 Å². The highest BCUT2D eigenvalue weighted by molar-refractivity contribution is 7.10. The second-order valence-electron chi connectivity index (χ2n) is 3.74. The van der Waals surface area contributed by atoms with Crippen molar-refractivity contribution in [1.82, 2.24) is 0 Å². The molecule has 1 aromatic heterocycles. The smallest absolute Gasteiger partial charge is 0.130 e. The standard InChI is InChI=1S/C11H16OS/c1-8(6-10(3)12)7-11-9(2)4-5-13-11/h4-5,8H,6-7H2,1-3H3. The molecule has 1 atom stereocenters. The zero-order valence-corrected chi connectivity index (χ0v) is 9.28. The van der Waals surface area contributed by atoms with Crippen molar-refractivity contribution in [2.75, 3.05) is 0 Å². The number of hydrogen-bond acceptors (Lipinski definition) is 2. The predicted molar refractivity (Wildman–Crippen MR) is 57.2 cm³/mol. The van der Waals surface area contributed by atoms with Gasteiger partial charge < -0.3 is 4.79 Å². The number of aryl methyl sites for hydroxylation is 1. The number of carbonyl (C=O) groups is 1. The molecule has 0 aliphatic carbocycles. The highest BCUT2D eigenvalue weighted by atomic mass is 32.1. The van der Waals surface area contributed by atoms with E-state index in [1.165, 1.54) is 10.4 Å². The Bertz CT molecular complexity index is 288. The summed E-state index contributed by atoms with van der Waals surface area (Å²) in [6.45, 7) is 5.94. The third kappa shape index (κ3) is 3.31. The first-order valence-electron chi connectivity index (χ1n) is 4.62. The van der Waals surface area contributed by atoms with Crippen LogP contribution in [0.4, 0.5) is 0 Å². The fourth-order valence-electron chi connectivity index (χ4n) is 1.49. The molecule has 0 aromatic carbocycles. The van der Waals surface area contributed by atoms with Crippen molar-refractivity contribution < 1.29 is 4.79 Å². The summed E-state index contributed by atoms with van der Waals surface area (Å²) >= 11 is 1.79. The number of ketones is 1. The molecule has 0 aliphatic heterocycles. The van der Waals surface area contributed by atoms with Crippen molar-refractivity contribution in [2.45, 2.75) is 33.6 Å². The number of carbonyl (C=O) groups excluding carboxylic acids is 1. The molecule has 0 spiro atoms. The largest absolute Gasteiger partial charge is 0.300 e. The Labute approximate surface area is 83.8 Å². The summed E-state index contributed by atoms with van der Waals surface area (Å²) in [6.07, 6.45) is 1.75. The van der Waals surface area contributed by atoms with Crippen LogP contribution in [0.15, 0.2) is 11.4 Å². The van der Waals surface area contributed by atoms with E-state index in [0.29, 0.717) is 18.1 Å². The normalized spacial score (nSPS) is 12.8. The van der Waals surface area contributed by atoms with Gasteiger partial charge in [-0.1, -0.05) is 6.92 Å². The number of Topliss-reactive ketones (excluding diaryl/α,β-unsaturated/α-hetero) is 1. The Morgan fingerprint density at radius 2 is 2.31 bits per heavy atom. The van der Waals surface area contributed by atoms with Crippen LogP contribution in [-0.4, -0.2) is 5.78 Å². The van der Waals surface area contributed by atoms with Crippen LogP contribution in [0.2, 0.25) is 0 Å². The molecule has 1 aromatic rings. The van der Waals surface area contributed by atoms with E-state index in [1.807, 2.05) is 0 Å². The minimum atomic E-state index is 0.293. The van der Waals surface area contributed by atoms with E-state index in [2.05, 4.69) is 25.3 Å². The van der Waals surface area contributed by atoms with Gasteiger partial charge in [-0.3, -0.25) is 0 Å². The van der Waals surface area contributed by atoms with Crippen molar-refractivity contribution in [1.29, 1.82) is 0 Å². The molecule has 72 valence electrons. The lowest BCUT2D eigenvalue weighted by atomic mass is 9.99. The molecule has 2 heteroatoms. The molecule has 1 heterocycles. The van der Waals surface area contributed by atoms with Gasteiger partial charge in [0.1, 0.15) is 5.78 Å². The summed E-state index contributed by atoms with van der Waals surface area (Å²) in [4.78, 5) is 12.3. The molecule has 0 saturated carbocycles. The summed E-state index contributed by atoms with van der Waals surface area (Å²) < 4.78 is 0. The Kier molecular flexibility index (Phi) is 3.67. The Balaban J connectivity index is 2.49. The highest BCUT2D eigenvalue weighted by Gasteiger charge is 2.08. The van der Waals surface area contributed by atoms with Gasteiger partial charge in [0.25, 0.3) is 0 Å². The van der Waals surface area contributed by atoms with Crippen molar-refractivity contribution in [2.24, 2.45) is 5.92 Å². The fourth-order valence-corrected chi connectivity index (χ4v) is 2.56. The number of rotatable bonds is 4. The molecule has 1 nitrogen and oxygen atoms in total. The lowest BCUT2D eigenvalue weighted by Crippen LogP contribution is -2.04. The minimum Gasteiger partial charge on any atom is -0.300 e. The van der Waals surface area contributed by atoms with Gasteiger partial charge in [0, 0.05) is 11.3 Å². The van der Waals surface area contributed by atoms with Gasteiger partial charge in [0.05, 0.1) is 0 Å². The minimum absolute atomic E-state index is 0.293. The zero-order valence-electron chi connectivity index (χ0n) is 8.46. The molecule has 0 amide bonds. The first-order chi connectivity index (χ1) is 6.09. The van der Waals surface area contributed by atoms with Crippen LogP contribution in [0.3, 0.4) is 0 Å². The van der Waals surface area contributed by atoms with Crippen LogP contribution in [0, 0.1) is 12.8 Å². The first kappa shape index (κ1) is 10.5. The van der Waals surface area contributed by atoms with Gasteiger partial charge in [-0.05, 0) is 43.2 Å². The van der Waals surface area contributed by atoms with Crippen molar-refractivity contribution in [3.8, 4) is 0 Å². The van der Waals surface area contributed by atoms with E-state index in [4.69, 9.17) is 0 Å². The average Bonchev–Trinajstić information content (AvgIpc) is 2.34. The molecule has 0 N–H and O–H groups in total. The molecular formula is C11H16OS. The Hall–Kier alpha value is -0.630. The molecule has 13 heavy (non-hydrogen) atoms. The van der Waals surface area contributed by atoms with Crippen LogP contribution in [0.1, 0.15) is 30.7 Å². The maximum Gasteiger partial charge on any atom is 0.130 e. The second-order valence-corrected chi connectivity index (χ2v) is 4.74. The van der Waals surface area contributed by atoms with E-state index >= 15 is 0 Å². The third-order valence-electron chi connectivity index (χ3n) is 2.14. The SMILES string of the molecule is CC(=O)CC(C)Cc1sccc1C.